The molecule has 0 aromatic heterocycles. The minimum absolute atomic E-state index is 0.121. The number of anilines is 1. The van der Waals surface area contributed by atoms with E-state index in [4.69, 9.17) is 16.3 Å². The zero-order chi connectivity index (χ0) is 17.5. The average Bonchev–Trinajstić information content (AvgIpc) is 2.56. The van der Waals surface area contributed by atoms with Crippen molar-refractivity contribution in [1.82, 2.24) is 9.80 Å². The van der Waals surface area contributed by atoms with E-state index in [2.05, 4.69) is 5.32 Å². The first-order chi connectivity index (χ1) is 11.5. The van der Waals surface area contributed by atoms with E-state index in [1.165, 1.54) is 0 Å². The number of ether oxygens (including phenoxy) is 1. The van der Waals surface area contributed by atoms with Crippen LogP contribution in [0, 0.1) is 0 Å². The summed E-state index contributed by atoms with van der Waals surface area (Å²) in [7, 11) is 1.55. The molecule has 0 aliphatic carbocycles. The Morgan fingerprint density at radius 2 is 1.96 bits per heavy atom. The summed E-state index contributed by atoms with van der Waals surface area (Å²) in [4.78, 5) is 28.0. The van der Waals surface area contributed by atoms with Crippen molar-refractivity contribution in [3.63, 3.8) is 0 Å². The van der Waals surface area contributed by atoms with E-state index in [-0.39, 0.29) is 18.4 Å². The molecule has 24 heavy (non-hydrogen) atoms. The second-order valence-electron chi connectivity index (χ2n) is 5.80. The molecule has 6 nitrogen and oxygen atoms in total. The van der Waals surface area contributed by atoms with E-state index in [1.807, 2.05) is 16.7 Å². The maximum Gasteiger partial charge on any atom is 0.238 e. The Morgan fingerprint density at radius 1 is 1.25 bits per heavy atom. The highest BCUT2D eigenvalue weighted by atomic mass is 35.5. The first-order valence-corrected chi connectivity index (χ1v) is 8.54. The smallest absolute Gasteiger partial charge is 0.238 e. The molecule has 1 aromatic rings. The predicted octanol–water partition coefficient (Wildman–Crippen LogP) is 2.23. The standard InChI is InChI=1S/C17H24ClN3O3/c1-3-4-17(23)21-9-7-20(8-10-21)12-16(22)19-14-11-13(18)5-6-15(14)24-2/h5-6,11H,3-4,7-10,12H2,1-2H3,(H,19,22). The van der Waals surface area contributed by atoms with Gasteiger partial charge < -0.3 is 15.0 Å². The fourth-order valence-corrected chi connectivity index (χ4v) is 2.87. The number of carbonyl (C=O) groups is 2. The molecule has 0 unspecified atom stereocenters. The van der Waals surface area contributed by atoms with E-state index < -0.39 is 0 Å². The van der Waals surface area contributed by atoms with Crippen LogP contribution in [0.25, 0.3) is 0 Å². The number of piperazine rings is 1. The third-order valence-electron chi connectivity index (χ3n) is 3.99. The highest BCUT2D eigenvalue weighted by Gasteiger charge is 2.22. The number of benzene rings is 1. The van der Waals surface area contributed by atoms with Crippen LogP contribution in [0.1, 0.15) is 19.8 Å². The largest absolute Gasteiger partial charge is 0.495 e. The van der Waals surface area contributed by atoms with Gasteiger partial charge in [0.2, 0.25) is 11.8 Å². The Kier molecular flexibility index (Phi) is 6.87. The van der Waals surface area contributed by atoms with Crippen LogP contribution in [0.2, 0.25) is 5.02 Å². The zero-order valence-electron chi connectivity index (χ0n) is 14.2. The van der Waals surface area contributed by atoms with Crippen LogP contribution < -0.4 is 10.1 Å². The number of nitrogens with one attached hydrogen (secondary N) is 1. The van der Waals surface area contributed by atoms with Gasteiger partial charge in [-0.3, -0.25) is 14.5 Å². The highest BCUT2D eigenvalue weighted by molar-refractivity contribution is 6.31. The van der Waals surface area contributed by atoms with E-state index in [0.717, 1.165) is 6.42 Å². The summed E-state index contributed by atoms with van der Waals surface area (Å²) in [5, 5.41) is 3.37. The van der Waals surface area contributed by atoms with Crippen molar-refractivity contribution in [2.24, 2.45) is 0 Å². The lowest BCUT2D eigenvalue weighted by Gasteiger charge is -2.34. The number of methoxy groups -OCH3 is 1. The van der Waals surface area contributed by atoms with Gasteiger partial charge in [0.1, 0.15) is 5.75 Å². The van der Waals surface area contributed by atoms with Crippen molar-refractivity contribution in [1.29, 1.82) is 0 Å². The van der Waals surface area contributed by atoms with Crippen molar-refractivity contribution in [2.45, 2.75) is 19.8 Å². The normalized spacial score (nSPS) is 15.2. The van der Waals surface area contributed by atoms with Gasteiger partial charge in [0.25, 0.3) is 0 Å². The number of rotatable bonds is 6. The van der Waals surface area contributed by atoms with Crippen molar-refractivity contribution in [2.75, 3.05) is 45.2 Å². The van der Waals surface area contributed by atoms with Gasteiger partial charge in [-0.05, 0) is 24.6 Å². The first-order valence-electron chi connectivity index (χ1n) is 8.17. The van der Waals surface area contributed by atoms with E-state index in [0.29, 0.717) is 49.1 Å². The third kappa shape index (κ3) is 5.11. The molecule has 1 aromatic carbocycles. The third-order valence-corrected chi connectivity index (χ3v) is 4.23. The summed E-state index contributed by atoms with van der Waals surface area (Å²) >= 11 is 5.97. The molecule has 0 saturated carbocycles. The molecule has 132 valence electrons. The van der Waals surface area contributed by atoms with Gasteiger partial charge in [0, 0.05) is 37.6 Å². The van der Waals surface area contributed by atoms with Crippen molar-refractivity contribution in [3.05, 3.63) is 23.2 Å². The lowest BCUT2D eigenvalue weighted by atomic mass is 10.2. The van der Waals surface area contributed by atoms with Gasteiger partial charge in [-0.2, -0.15) is 0 Å². The van der Waals surface area contributed by atoms with Crippen LogP contribution >= 0.6 is 11.6 Å². The molecule has 1 aliphatic heterocycles. The maximum atomic E-state index is 12.2. The highest BCUT2D eigenvalue weighted by Crippen LogP contribution is 2.27. The van der Waals surface area contributed by atoms with Crippen LogP contribution in [-0.4, -0.2) is 61.4 Å². The molecule has 0 radical (unpaired) electrons. The molecular formula is C17H24ClN3O3. The number of hydrogen-bond donors (Lipinski definition) is 1. The van der Waals surface area contributed by atoms with Gasteiger partial charge in [-0.25, -0.2) is 0 Å². The van der Waals surface area contributed by atoms with E-state index >= 15 is 0 Å². The van der Waals surface area contributed by atoms with Gasteiger partial charge in [-0.15, -0.1) is 0 Å². The molecule has 0 bridgehead atoms. The quantitative estimate of drug-likeness (QED) is 0.852. The molecule has 0 atom stereocenters. The molecule has 2 amide bonds. The SMILES string of the molecule is CCCC(=O)N1CCN(CC(=O)Nc2cc(Cl)ccc2OC)CC1. The summed E-state index contributed by atoms with van der Waals surface area (Å²) < 4.78 is 5.22. The van der Waals surface area contributed by atoms with Crippen LogP contribution in [0.15, 0.2) is 18.2 Å². The molecule has 1 fully saturated rings. The van der Waals surface area contributed by atoms with Gasteiger partial charge >= 0.3 is 0 Å². The fourth-order valence-electron chi connectivity index (χ4n) is 2.70. The van der Waals surface area contributed by atoms with Crippen LogP contribution in [-0.2, 0) is 9.59 Å². The van der Waals surface area contributed by atoms with Crippen molar-refractivity contribution in [3.8, 4) is 5.75 Å². The van der Waals surface area contributed by atoms with Crippen LogP contribution in [0.3, 0.4) is 0 Å². The molecule has 0 spiro atoms. The predicted molar refractivity (Wildman–Crippen MR) is 94.6 cm³/mol. The van der Waals surface area contributed by atoms with Crippen LogP contribution in [0.5, 0.6) is 5.75 Å². The summed E-state index contributed by atoms with van der Waals surface area (Å²) in [6, 6.07) is 5.10. The number of carbonyl (C=O) groups excluding carboxylic acids is 2. The van der Waals surface area contributed by atoms with Gasteiger partial charge in [0.15, 0.2) is 0 Å². The Balaban J connectivity index is 1.84. The number of halogens is 1. The van der Waals surface area contributed by atoms with E-state index in [9.17, 15) is 9.59 Å². The average molecular weight is 354 g/mol. The minimum Gasteiger partial charge on any atom is -0.495 e. The van der Waals surface area contributed by atoms with Gasteiger partial charge in [0.05, 0.1) is 19.3 Å². The number of nitrogens with zero attached hydrogens (tertiary/aromatic N) is 2. The minimum atomic E-state index is -0.121. The molecule has 1 heterocycles. The molecule has 1 saturated heterocycles. The second kappa shape index (κ2) is 8.89. The summed E-state index contributed by atoms with van der Waals surface area (Å²) in [5.74, 6) is 0.650. The second-order valence-corrected chi connectivity index (χ2v) is 6.24. The summed E-state index contributed by atoms with van der Waals surface area (Å²) in [6.45, 7) is 5.04. The summed E-state index contributed by atoms with van der Waals surface area (Å²) in [5.41, 5.74) is 0.562. The number of hydrogen-bond acceptors (Lipinski definition) is 4. The molecule has 1 N–H and O–H groups in total. The van der Waals surface area contributed by atoms with Crippen molar-refractivity contribution >= 4 is 29.1 Å². The van der Waals surface area contributed by atoms with E-state index in [1.54, 1.807) is 25.3 Å². The fraction of sp³-hybridized carbons (Fsp3) is 0.529. The Hall–Kier alpha value is -1.79. The van der Waals surface area contributed by atoms with Crippen LogP contribution in [0.4, 0.5) is 5.69 Å². The topological polar surface area (TPSA) is 61.9 Å². The molecular weight excluding hydrogens is 330 g/mol. The molecule has 2 rings (SSSR count). The number of amides is 2. The lowest BCUT2D eigenvalue weighted by molar-refractivity contribution is -0.133. The molecule has 1 aliphatic rings. The van der Waals surface area contributed by atoms with Crippen molar-refractivity contribution < 1.29 is 14.3 Å². The Bertz CT molecular complexity index is 586. The summed E-state index contributed by atoms with van der Waals surface area (Å²) in [6.07, 6.45) is 1.46. The lowest BCUT2D eigenvalue weighted by Crippen LogP contribution is -2.50. The van der Waals surface area contributed by atoms with Gasteiger partial charge in [-0.1, -0.05) is 18.5 Å². The molecule has 7 heteroatoms. The zero-order valence-corrected chi connectivity index (χ0v) is 14.9. The monoisotopic (exact) mass is 353 g/mol. The Morgan fingerprint density at radius 3 is 2.58 bits per heavy atom. The maximum absolute atomic E-state index is 12.2. The first kappa shape index (κ1) is 18.5. The Labute approximate surface area is 147 Å².